The van der Waals surface area contributed by atoms with E-state index in [2.05, 4.69) is 4.72 Å². The summed E-state index contributed by atoms with van der Waals surface area (Å²) in [5, 5.41) is 8.91. The van der Waals surface area contributed by atoms with Crippen LogP contribution in [0.4, 0.5) is 0 Å². The minimum absolute atomic E-state index is 0.262. The average molecular weight is 312 g/mol. The van der Waals surface area contributed by atoms with Crippen molar-refractivity contribution in [2.45, 2.75) is 19.3 Å². The van der Waals surface area contributed by atoms with Gasteiger partial charge in [-0.1, -0.05) is 30.3 Å². The van der Waals surface area contributed by atoms with E-state index >= 15 is 0 Å². The summed E-state index contributed by atoms with van der Waals surface area (Å²) in [4.78, 5) is 10.9. The highest BCUT2D eigenvalue weighted by Crippen LogP contribution is 2.19. The quantitative estimate of drug-likeness (QED) is 0.815. The third-order valence-corrected chi connectivity index (χ3v) is 5.30. The minimum atomic E-state index is -3.51. The van der Waals surface area contributed by atoms with E-state index in [9.17, 15) is 13.2 Å². The first-order valence-electron chi connectivity index (χ1n) is 7.00. The lowest BCUT2D eigenvalue weighted by Crippen LogP contribution is -2.46. The minimum Gasteiger partial charge on any atom is -0.481 e. The number of aliphatic carboxylic acids is 1. The molecule has 0 aliphatic carbocycles. The van der Waals surface area contributed by atoms with Crippen LogP contribution < -0.4 is 4.72 Å². The van der Waals surface area contributed by atoms with E-state index in [-0.39, 0.29) is 13.1 Å². The molecule has 1 aromatic rings. The maximum Gasteiger partial charge on any atom is 0.306 e. The highest BCUT2D eigenvalue weighted by atomic mass is 32.2. The molecule has 1 aromatic carbocycles. The van der Waals surface area contributed by atoms with Crippen LogP contribution in [0.2, 0.25) is 0 Å². The van der Waals surface area contributed by atoms with Gasteiger partial charge in [0.05, 0.1) is 5.92 Å². The van der Waals surface area contributed by atoms with Crippen molar-refractivity contribution >= 4 is 16.2 Å². The van der Waals surface area contributed by atoms with E-state index in [1.807, 2.05) is 30.3 Å². The fraction of sp³-hybridized carbons (Fsp3) is 0.500. The molecular formula is C14H20N2O4S. The Balaban J connectivity index is 1.81. The van der Waals surface area contributed by atoms with Crippen LogP contribution in [0.15, 0.2) is 30.3 Å². The topological polar surface area (TPSA) is 86.7 Å². The lowest BCUT2D eigenvalue weighted by atomic mass is 9.99. The third-order valence-electron chi connectivity index (χ3n) is 3.68. The molecule has 7 heteroatoms. The Morgan fingerprint density at radius 3 is 2.43 bits per heavy atom. The van der Waals surface area contributed by atoms with Crippen LogP contribution in [0.3, 0.4) is 0 Å². The molecule has 1 aliphatic rings. The molecular weight excluding hydrogens is 292 g/mol. The number of hydrogen-bond donors (Lipinski definition) is 2. The average Bonchev–Trinajstić information content (AvgIpc) is 2.48. The highest BCUT2D eigenvalue weighted by molar-refractivity contribution is 7.87. The summed E-state index contributed by atoms with van der Waals surface area (Å²) < 4.78 is 28.1. The van der Waals surface area contributed by atoms with Crippen LogP contribution in [-0.4, -0.2) is 43.4 Å². The van der Waals surface area contributed by atoms with Crippen LogP contribution >= 0.6 is 0 Å². The zero-order chi connectivity index (χ0) is 15.3. The fourth-order valence-electron chi connectivity index (χ4n) is 2.40. The Labute approximate surface area is 125 Å². The van der Waals surface area contributed by atoms with E-state index in [0.717, 1.165) is 5.56 Å². The van der Waals surface area contributed by atoms with Crippen LogP contribution in [-0.2, 0) is 21.4 Å². The summed E-state index contributed by atoms with van der Waals surface area (Å²) >= 11 is 0. The normalized spacial score (nSPS) is 17.7. The Morgan fingerprint density at radius 1 is 1.24 bits per heavy atom. The number of carbonyl (C=O) groups is 1. The Kier molecular flexibility index (Phi) is 5.33. The van der Waals surface area contributed by atoms with Gasteiger partial charge in [-0.25, -0.2) is 4.72 Å². The molecule has 116 valence electrons. The molecule has 2 N–H and O–H groups in total. The second kappa shape index (κ2) is 7.02. The predicted molar refractivity (Wildman–Crippen MR) is 79.0 cm³/mol. The molecule has 0 spiro atoms. The largest absolute Gasteiger partial charge is 0.481 e. The first-order valence-corrected chi connectivity index (χ1v) is 8.44. The van der Waals surface area contributed by atoms with Crippen molar-refractivity contribution in [3.63, 3.8) is 0 Å². The van der Waals surface area contributed by atoms with Gasteiger partial charge < -0.3 is 5.11 Å². The number of carboxylic acids is 1. The van der Waals surface area contributed by atoms with Crippen molar-refractivity contribution in [3.05, 3.63) is 35.9 Å². The van der Waals surface area contributed by atoms with Crippen LogP contribution in [0.5, 0.6) is 0 Å². The Bertz CT molecular complexity index is 566. The van der Waals surface area contributed by atoms with E-state index in [0.29, 0.717) is 25.8 Å². The summed E-state index contributed by atoms with van der Waals surface area (Å²) in [5.74, 6) is -1.27. The summed E-state index contributed by atoms with van der Waals surface area (Å²) in [7, 11) is -3.51. The standard InChI is InChI=1S/C14H20N2O4S/c17-14(18)13-7-10-16(11-8-13)21(19,20)15-9-6-12-4-2-1-3-5-12/h1-5,13,15H,6-11H2,(H,17,18). The van der Waals surface area contributed by atoms with Gasteiger partial charge in [-0.3, -0.25) is 4.79 Å². The van der Waals surface area contributed by atoms with Crippen LogP contribution in [0.25, 0.3) is 0 Å². The van der Waals surface area contributed by atoms with E-state index in [1.165, 1.54) is 4.31 Å². The molecule has 1 saturated heterocycles. The van der Waals surface area contributed by atoms with Crippen molar-refractivity contribution < 1.29 is 18.3 Å². The molecule has 2 rings (SSSR count). The van der Waals surface area contributed by atoms with E-state index < -0.39 is 22.1 Å². The van der Waals surface area contributed by atoms with Crippen molar-refractivity contribution in [1.29, 1.82) is 0 Å². The lowest BCUT2D eigenvalue weighted by Gasteiger charge is -2.29. The smallest absolute Gasteiger partial charge is 0.306 e. The number of nitrogens with one attached hydrogen (secondary N) is 1. The highest BCUT2D eigenvalue weighted by Gasteiger charge is 2.30. The maximum absolute atomic E-state index is 12.1. The number of piperidine rings is 1. The third kappa shape index (κ3) is 4.52. The summed E-state index contributed by atoms with van der Waals surface area (Å²) in [6, 6.07) is 9.65. The molecule has 0 bridgehead atoms. The zero-order valence-corrected chi connectivity index (χ0v) is 12.6. The number of carboxylic acid groups (broad SMARTS) is 1. The number of rotatable bonds is 6. The van der Waals surface area contributed by atoms with Gasteiger partial charge in [0.25, 0.3) is 10.2 Å². The summed E-state index contributed by atoms with van der Waals surface area (Å²) in [6.45, 7) is 0.862. The van der Waals surface area contributed by atoms with Gasteiger partial charge in [-0.05, 0) is 24.8 Å². The molecule has 1 aliphatic heterocycles. The van der Waals surface area contributed by atoms with Gasteiger partial charge >= 0.3 is 5.97 Å². The van der Waals surface area contributed by atoms with Gasteiger partial charge in [-0.15, -0.1) is 0 Å². The molecule has 0 radical (unpaired) electrons. The molecule has 0 aromatic heterocycles. The SMILES string of the molecule is O=C(O)C1CCN(S(=O)(=O)NCCc2ccccc2)CC1. The van der Waals surface area contributed by atoms with Crippen LogP contribution in [0.1, 0.15) is 18.4 Å². The first kappa shape index (κ1) is 15.9. The summed E-state index contributed by atoms with van der Waals surface area (Å²) in [6.07, 6.45) is 1.37. The van der Waals surface area contributed by atoms with Crippen molar-refractivity contribution in [2.75, 3.05) is 19.6 Å². The van der Waals surface area contributed by atoms with Gasteiger partial charge in [0, 0.05) is 19.6 Å². The second-order valence-electron chi connectivity index (χ2n) is 5.15. The molecule has 21 heavy (non-hydrogen) atoms. The van der Waals surface area contributed by atoms with E-state index in [1.54, 1.807) is 0 Å². The zero-order valence-electron chi connectivity index (χ0n) is 11.7. The number of nitrogens with zero attached hydrogens (tertiary/aromatic N) is 1. The Morgan fingerprint density at radius 2 is 1.86 bits per heavy atom. The molecule has 0 amide bonds. The molecule has 0 saturated carbocycles. The van der Waals surface area contributed by atoms with Crippen molar-refractivity contribution in [1.82, 2.24) is 9.03 Å². The number of benzene rings is 1. The van der Waals surface area contributed by atoms with Crippen molar-refractivity contribution in [3.8, 4) is 0 Å². The second-order valence-corrected chi connectivity index (χ2v) is 6.90. The molecule has 6 nitrogen and oxygen atoms in total. The number of hydrogen-bond acceptors (Lipinski definition) is 3. The fourth-order valence-corrected chi connectivity index (χ4v) is 3.64. The van der Waals surface area contributed by atoms with E-state index in [4.69, 9.17) is 5.11 Å². The molecule has 0 unspecified atom stereocenters. The van der Waals surface area contributed by atoms with Gasteiger partial charge in [0.15, 0.2) is 0 Å². The van der Waals surface area contributed by atoms with Gasteiger partial charge in [0.1, 0.15) is 0 Å². The van der Waals surface area contributed by atoms with Gasteiger partial charge in [0.2, 0.25) is 0 Å². The molecule has 1 fully saturated rings. The van der Waals surface area contributed by atoms with Crippen LogP contribution in [0, 0.1) is 5.92 Å². The predicted octanol–water partition coefficient (Wildman–Crippen LogP) is 0.860. The molecule has 1 heterocycles. The maximum atomic E-state index is 12.1. The summed E-state index contributed by atoms with van der Waals surface area (Å²) in [5.41, 5.74) is 1.07. The monoisotopic (exact) mass is 312 g/mol. The first-order chi connectivity index (χ1) is 9.99. The Hall–Kier alpha value is -1.44. The molecule has 0 atom stereocenters. The van der Waals surface area contributed by atoms with Crippen molar-refractivity contribution in [2.24, 2.45) is 5.92 Å². The van der Waals surface area contributed by atoms with Gasteiger partial charge in [-0.2, -0.15) is 12.7 Å². The lowest BCUT2D eigenvalue weighted by molar-refractivity contribution is -0.142.